The quantitative estimate of drug-likeness (QED) is 0.865. The summed E-state index contributed by atoms with van der Waals surface area (Å²) in [6, 6.07) is 7.19. The first-order chi connectivity index (χ1) is 11.0. The van der Waals surface area contributed by atoms with Gasteiger partial charge >= 0.3 is 6.09 Å². The van der Waals surface area contributed by atoms with E-state index in [4.69, 9.17) is 32.7 Å². The summed E-state index contributed by atoms with van der Waals surface area (Å²) in [4.78, 5) is 11.2. The Morgan fingerprint density at radius 2 is 2.04 bits per heavy atom. The van der Waals surface area contributed by atoms with E-state index in [1.165, 1.54) is 0 Å². The Hall–Kier alpha value is -1.01. The maximum atomic E-state index is 11.2. The fraction of sp³-hybridized carbons (Fsp3) is 0.562. The van der Waals surface area contributed by atoms with Gasteiger partial charge in [-0.1, -0.05) is 35.3 Å². The molecule has 1 atom stereocenters. The van der Waals surface area contributed by atoms with Gasteiger partial charge in [0.15, 0.2) is 0 Å². The van der Waals surface area contributed by atoms with Gasteiger partial charge in [0.1, 0.15) is 0 Å². The molecule has 0 bridgehead atoms. The van der Waals surface area contributed by atoms with Gasteiger partial charge in [0.2, 0.25) is 0 Å². The fourth-order valence-electron chi connectivity index (χ4n) is 1.81. The third-order valence-electron chi connectivity index (χ3n) is 2.91. The number of ether oxygens (including phenoxy) is 2. The molecule has 0 spiro atoms. The smallest absolute Gasteiger partial charge is 0.407 e. The van der Waals surface area contributed by atoms with Crippen molar-refractivity contribution in [3.63, 3.8) is 0 Å². The van der Waals surface area contributed by atoms with Crippen LogP contribution >= 0.6 is 23.2 Å². The molecule has 0 radical (unpaired) electrons. The van der Waals surface area contributed by atoms with Gasteiger partial charge < -0.3 is 20.1 Å². The summed E-state index contributed by atoms with van der Waals surface area (Å²) in [7, 11) is 0. The summed E-state index contributed by atoms with van der Waals surface area (Å²) in [6.07, 6.45) is -0.428. The molecule has 0 saturated carbocycles. The van der Waals surface area contributed by atoms with Crippen LogP contribution in [-0.2, 0) is 9.47 Å². The number of hydrogen-bond donors (Lipinski definition) is 2. The average molecular weight is 363 g/mol. The first kappa shape index (κ1) is 20.0. The van der Waals surface area contributed by atoms with Crippen molar-refractivity contribution < 1.29 is 14.3 Å². The number of carbonyl (C=O) groups excluding carboxylic acids is 1. The van der Waals surface area contributed by atoms with Gasteiger partial charge in [-0.2, -0.15) is 0 Å². The molecule has 23 heavy (non-hydrogen) atoms. The van der Waals surface area contributed by atoms with E-state index < -0.39 is 0 Å². The normalized spacial score (nSPS) is 17.7. The summed E-state index contributed by atoms with van der Waals surface area (Å²) >= 11 is 11.2. The highest BCUT2D eigenvalue weighted by atomic mass is 35.5. The van der Waals surface area contributed by atoms with Crippen LogP contribution in [0.5, 0.6) is 0 Å². The van der Waals surface area contributed by atoms with Crippen LogP contribution in [0.2, 0.25) is 10.0 Å². The predicted molar refractivity (Wildman–Crippen MR) is 93.3 cm³/mol. The van der Waals surface area contributed by atoms with Crippen molar-refractivity contribution in [1.29, 1.82) is 0 Å². The standard InChI is InChI=1S/C10H20N2O3.C6H4Cl2/c1-8(2)15-10(13)12-6-9-5-11-3-4-14-7-9;7-5-3-1-2-4-6(5)8/h8-9,11H,3-7H2,1-2H3,(H,12,13);1-4H. The Bertz CT molecular complexity index is 443. The Morgan fingerprint density at radius 3 is 2.61 bits per heavy atom. The number of hydrogen-bond acceptors (Lipinski definition) is 4. The van der Waals surface area contributed by atoms with Crippen LogP contribution in [-0.4, -0.2) is 45.0 Å². The number of halogens is 2. The molecule has 1 aromatic rings. The largest absolute Gasteiger partial charge is 0.447 e. The van der Waals surface area contributed by atoms with Crippen molar-refractivity contribution in [3.05, 3.63) is 34.3 Å². The van der Waals surface area contributed by atoms with Crippen molar-refractivity contribution in [2.45, 2.75) is 20.0 Å². The highest BCUT2D eigenvalue weighted by molar-refractivity contribution is 6.41. The molecule has 1 saturated heterocycles. The molecule has 2 rings (SSSR count). The van der Waals surface area contributed by atoms with Crippen LogP contribution in [0, 0.1) is 5.92 Å². The molecule has 1 aromatic carbocycles. The zero-order valence-electron chi connectivity index (χ0n) is 13.5. The molecule has 2 N–H and O–H groups in total. The van der Waals surface area contributed by atoms with E-state index in [0.717, 1.165) is 19.7 Å². The summed E-state index contributed by atoms with van der Waals surface area (Å²) in [5.74, 6) is 0.326. The van der Waals surface area contributed by atoms with Crippen LogP contribution in [0.25, 0.3) is 0 Å². The molecule has 1 unspecified atom stereocenters. The van der Waals surface area contributed by atoms with E-state index in [-0.39, 0.29) is 12.2 Å². The first-order valence-electron chi connectivity index (χ1n) is 7.62. The molecular weight excluding hydrogens is 339 g/mol. The van der Waals surface area contributed by atoms with Crippen LogP contribution in [0.4, 0.5) is 4.79 Å². The highest BCUT2D eigenvalue weighted by Gasteiger charge is 2.14. The molecule has 0 aromatic heterocycles. The molecule has 7 heteroatoms. The number of rotatable bonds is 3. The predicted octanol–water partition coefficient (Wildman–Crippen LogP) is 3.35. The van der Waals surface area contributed by atoms with Crippen LogP contribution in [0.15, 0.2) is 24.3 Å². The molecule has 130 valence electrons. The van der Waals surface area contributed by atoms with E-state index in [1.807, 2.05) is 26.0 Å². The lowest BCUT2D eigenvalue weighted by Crippen LogP contribution is -2.36. The van der Waals surface area contributed by atoms with Crippen molar-refractivity contribution >= 4 is 29.3 Å². The summed E-state index contributed by atoms with van der Waals surface area (Å²) < 4.78 is 10.3. The van der Waals surface area contributed by atoms with Gasteiger partial charge in [-0.3, -0.25) is 0 Å². The summed E-state index contributed by atoms with van der Waals surface area (Å²) in [5.41, 5.74) is 0. The Balaban J connectivity index is 0.000000277. The number of benzene rings is 1. The Morgan fingerprint density at radius 1 is 1.39 bits per heavy atom. The van der Waals surface area contributed by atoms with Gasteiger partial charge in [-0.25, -0.2) is 4.79 Å². The number of carbonyl (C=O) groups is 1. The molecular formula is C16H24Cl2N2O3. The first-order valence-corrected chi connectivity index (χ1v) is 8.37. The molecule has 1 heterocycles. The van der Waals surface area contributed by atoms with E-state index in [1.54, 1.807) is 12.1 Å². The topological polar surface area (TPSA) is 59.6 Å². The van der Waals surface area contributed by atoms with Crippen molar-refractivity contribution in [1.82, 2.24) is 10.6 Å². The van der Waals surface area contributed by atoms with Gasteiger partial charge in [-0.05, 0) is 26.0 Å². The summed E-state index contributed by atoms with van der Waals surface area (Å²) in [6.45, 7) is 7.45. The van der Waals surface area contributed by atoms with Gasteiger partial charge in [0.05, 0.1) is 29.4 Å². The molecule has 1 amide bonds. The maximum Gasteiger partial charge on any atom is 0.407 e. The zero-order chi connectivity index (χ0) is 17.1. The Kier molecular flexibility index (Phi) is 10.0. The number of amides is 1. The number of nitrogens with one attached hydrogen (secondary N) is 2. The van der Waals surface area contributed by atoms with Crippen molar-refractivity contribution in [2.24, 2.45) is 5.92 Å². The molecule has 5 nitrogen and oxygen atoms in total. The summed E-state index contributed by atoms with van der Waals surface area (Å²) in [5, 5.41) is 7.19. The van der Waals surface area contributed by atoms with E-state index >= 15 is 0 Å². The monoisotopic (exact) mass is 362 g/mol. The third-order valence-corrected chi connectivity index (χ3v) is 3.67. The molecule has 1 fully saturated rings. The van der Waals surface area contributed by atoms with Crippen LogP contribution < -0.4 is 10.6 Å². The molecule has 0 aliphatic carbocycles. The van der Waals surface area contributed by atoms with Gasteiger partial charge in [0.25, 0.3) is 0 Å². The SMILES string of the molecule is CC(C)OC(=O)NCC1CNCCOC1.Clc1ccccc1Cl. The van der Waals surface area contributed by atoms with Gasteiger partial charge in [-0.15, -0.1) is 0 Å². The van der Waals surface area contributed by atoms with Gasteiger partial charge in [0, 0.05) is 25.6 Å². The minimum atomic E-state index is -0.353. The molecule has 1 aliphatic rings. The fourth-order valence-corrected chi connectivity index (χ4v) is 2.08. The van der Waals surface area contributed by atoms with Crippen LogP contribution in [0.1, 0.15) is 13.8 Å². The lowest BCUT2D eigenvalue weighted by atomic mass is 10.1. The average Bonchev–Trinajstić information content (AvgIpc) is 2.77. The van der Waals surface area contributed by atoms with Crippen molar-refractivity contribution in [3.8, 4) is 0 Å². The van der Waals surface area contributed by atoms with Crippen LogP contribution in [0.3, 0.4) is 0 Å². The van der Waals surface area contributed by atoms with Crippen molar-refractivity contribution in [2.75, 3.05) is 32.8 Å². The molecule has 1 aliphatic heterocycles. The minimum absolute atomic E-state index is 0.0755. The van der Waals surface area contributed by atoms with E-state index in [0.29, 0.717) is 29.1 Å². The zero-order valence-corrected chi connectivity index (χ0v) is 15.0. The number of alkyl carbamates (subject to hydrolysis) is 1. The second-order valence-electron chi connectivity index (χ2n) is 5.39. The Labute approximate surface area is 147 Å². The minimum Gasteiger partial charge on any atom is -0.447 e. The lowest BCUT2D eigenvalue weighted by molar-refractivity contribution is 0.105. The van der Waals surface area contributed by atoms with E-state index in [9.17, 15) is 4.79 Å². The second-order valence-corrected chi connectivity index (χ2v) is 6.21. The second kappa shape index (κ2) is 11.5. The highest BCUT2D eigenvalue weighted by Crippen LogP contribution is 2.19. The third kappa shape index (κ3) is 9.66. The maximum absolute atomic E-state index is 11.2. The van der Waals surface area contributed by atoms with E-state index in [2.05, 4.69) is 10.6 Å². The lowest BCUT2D eigenvalue weighted by Gasteiger charge is -2.15.